The van der Waals surface area contributed by atoms with E-state index in [0.29, 0.717) is 0 Å². The molecule has 0 rings (SSSR count). The van der Waals surface area contributed by atoms with Gasteiger partial charge in [0.2, 0.25) is 0 Å². The Hall–Kier alpha value is 0.500. The Bertz CT molecular complexity index is 190. The summed E-state index contributed by atoms with van der Waals surface area (Å²) in [7, 11) is 0. The van der Waals surface area contributed by atoms with Crippen LogP contribution in [0.1, 0.15) is 13.8 Å². The molecule has 5 nitrogen and oxygen atoms in total. The van der Waals surface area contributed by atoms with E-state index in [1.807, 2.05) is 13.8 Å². The van der Waals surface area contributed by atoms with Gasteiger partial charge in [0, 0.05) is 0 Å². The zero-order chi connectivity index (χ0) is 13.4. The van der Waals surface area contributed by atoms with Crippen LogP contribution in [0.25, 0.3) is 0 Å². The van der Waals surface area contributed by atoms with E-state index in [1.165, 1.54) is 23.5 Å². The first kappa shape index (κ1) is 17.5. The summed E-state index contributed by atoms with van der Waals surface area (Å²) in [5, 5.41) is 47.0. The van der Waals surface area contributed by atoms with Crippen molar-refractivity contribution in [3.05, 3.63) is 0 Å². The predicted octanol–water partition coefficient (Wildman–Crippen LogP) is -0.745. The molecule has 0 unspecified atom stereocenters. The van der Waals surface area contributed by atoms with E-state index < -0.39 is 31.0 Å². The van der Waals surface area contributed by atoms with Crippen LogP contribution in [-0.4, -0.2) is 72.6 Å². The predicted molar refractivity (Wildman–Crippen MR) is 71.2 cm³/mol. The molecular formula is C10H22O5S2. The maximum Gasteiger partial charge on any atom is 0.111 e. The molecule has 0 saturated heterocycles. The van der Waals surface area contributed by atoms with E-state index in [1.54, 1.807) is 0 Å². The summed E-state index contributed by atoms with van der Waals surface area (Å²) >= 11 is 2.94. The van der Waals surface area contributed by atoms with Crippen molar-refractivity contribution in [2.45, 2.75) is 42.8 Å². The monoisotopic (exact) mass is 286 g/mol. The third kappa shape index (κ3) is 5.78. The highest BCUT2D eigenvalue weighted by Gasteiger charge is 2.34. The van der Waals surface area contributed by atoms with Gasteiger partial charge in [0.05, 0.1) is 11.2 Å². The largest absolute Gasteiger partial charge is 0.394 e. The number of aliphatic hydroxyl groups excluding tert-OH is 5. The second-order valence-corrected chi connectivity index (χ2v) is 6.64. The molecule has 17 heavy (non-hydrogen) atoms. The van der Waals surface area contributed by atoms with Gasteiger partial charge in [-0.15, -0.1) is 23.5 Å². The smallest absolute Gasteiger partial charge is 0.111 e. The van der Waals surface area contributed by atoms with Gasteiger partial charge in [-0.25, -0.2) is 0 Å². The van der Waals surface area contributed by atoms with Crippen molar-refractivity contribution >= 4 is 23.5 Å². The average molecular weight is 286 g/mol. The minimum atomic E-state index is -1.55. The van der Waals surface area contributed by atoms with Crippen molar-refractivity contribution in [2.24, 2.45) is 0 Å². The Labute approximate surface area is 110 Å². The average Bonchev–Trinajstić information content (AvgIpc) is 2.34. The van der Waals surface area contributed by atoms with E-state index >= 15 is 0 Å². The molecule has 0 bridgehead atoms. The van der Waals surface area contributed by atoms with Crippen LogP contribution in [0.15, 0.2) is 0 Å². The summed E-state index contributed by atoms with van der Waals surface area (Å²) in [6.07, 6.45) is -5.62. The highest BCUT2D eigenvalue weighted by atomic mass is 32.2. The maximum atomic E-state index is 9.91. The molecule has 0 spiro atoms. The Balaban J connectivity index is 4.46. The molecule has 0 heterocycles. The zero-order valence-electron chi connectivity index (χ0n) is 10.1. The summed E-state index contributed by atoms with van der Waals surface area (Å²) < 4.78 is -0.263. The molecule has 0 aromatic rings. The summed E-state index contributed by atoms with van der Waals surface area (Å²) in [6.45, 7) is 3.22. The fraction of sp³-hybridized carbons (Fsp3) is 1.00. The van der Waals surface area contributed by atoms with Crippen molar-refractivity contribution in [1.29, 1.82) is 0 Å². The van der Waals surface area contributed by atoms with Crippen molar-refractivity contribution in [1.82, 2.24) is 0 Å². The Morgan fingerprint density at radius 3 is 1.65 bits per heavy atom. The summed E-state index contributed by atoms with van der Waals surface area (Å²) in [5.74, 6) is 1.56. The van der Waals surface area contributed by atoms with Crippen molar-refractivity contribution in [2.75, 3.05) is 18.1 Å². The molecular weight excluding hydrogens is 264 g/mol. The minimum Gasteiger partial charge on any atom is -0.394 e. The SMILES string of the molecule is CCSC(SCC)[C@@H](O)[C@H](O)[C@@H](O)[C@@H](O)CO. The van der Waals surface area contributed by atoms with E-state index in [-0.39, 0.29) is 4.58 Å². The number of hydrogen-bond acceptors (Lipinski definition) is 7. The van der Waals surface area contributed by atoms with E-state index in [4.69, 9.17) is 5.11 Å². The molecule has 0 aliphatic rings. The second-order valence-electron chi connectivity index (χ2n) is 3.50. The van der Waals surface area contributed by atoms with Gasteiger partial charge in [-0.3, -0.25) is 0 Å². The van der Waals surface area contributed by atoms with Gasteiger partial charge in [0.25, 0.3) is 0 Å². The molecule has 4 atom stereocenters. The fourth-order valence-corrected chi connectivity index (χ4v) is 3.85. The highest BCUT2D eigenvalue weighted by Crippen LogP contribution is 2.29. The lowest BCUT2D eigenvalue weighted by molar-refractivity contribution is -0.111. The maximum absolute atomic E-state index is 9.91. The molecule has 0 aromatic carbocycles. The summed E-state index contributed by atoms with van der Waals surface area (Å²) in [4.78, 5) is 0. The van der Waals surface area contributed by atoms with Crippen molar-refractivity contribution in [3.63, 3.8) is 0 Å². The first-order valence-corrected chi connectivity index (χ1v) is 7.65. The first-order chi connectivity index (χ1) is 7.99. The van der Waals surface area contributed by atoms with Gasteiger partial charge in [0.15, 0.2) is 0 Å². The fourth-order valence-electron chi connectivity index (χ4n) is 1.27. The topological polar surface area (TPSA) is 101 Å². The van der Waals surface area contributed by atoms with Crippen LogP contribution in [0.4, 0.5) is 0 Å². The van der Waals surface area contributed by atoms with Crippen LogP contribution in [0, 0.1) is 0 Å². The molecule has 104 valence electrons. The zero-order valence-corrected chi connectivity index (χ0v) is 11.7. The van der Waals surface area contributed by atoms with Gasteiger partial charge in [0.1, 0.15) is 24.4 Å². The Kier molecular flexibility index (Phi) is 9.71. The minimum absolute atomic E-state index is 0.263. The van der Waals surface area contributed by atoms with Crippen LogP contribution in [0.3, 0.4) is 0 Å². The third-order valence-corrected chi connectivity index (χ3v) is 4.92. The highest BCUT2D eigenvalue weighted by molar-refractivity contribution is 8.17. The van der Waals surface area contributed by atoms with Crippen LogP contribution in [0.5, 0.6) is 0 Å². The molecule has 0 radical (unpaired) electrons. The number of rotatable bonds is 9. The van der Waals surface area contributed by atoms with Gasteiger partial charge >= 0.3 is 0 Å². The van der Waals surface area contributed by atoms with Gasteiger partial charge in [-0.1, -0.05) is 13.8 Å². The number of hydrogen-bond donors (Lipinski definition) is 5. The van der Waals surface area contributed by atoms with Crippen LogP contribution in [-0.2, 0) is 0 Å². The van der Waals surface area contributed by atoms with Crippen LogP contribution < -0.4 is 0 Å². The molecule has 0 fully saturated rings. The third-order valence-electron chi connectivity index (χ3n) is 2.22. The summed E-state index contributed by atoms with van der Waals surface area (Å²) in [6, 6.07) is 0. The second kappa shape index (κ2) is 9.43. The van der Waals surface area contributed by atoms with Gasteiger partial charge in [-0.2, -0.15) is 0 Å². The van der Waals surface area contributed by atoms with Gasteiger partial charge in [-0.05, 0) is 11.5 Å². The summed E-state index contributed by atoms with van der Waals surface area (Å²) in [5.41, 5.74) is 0. The lowest BCUT2D eigenvalue weighted by Crippen LogP contribution is -2.48. The van der Waals surface area contributed by atoms with Crippen LogP contribution in [0.2, 0.25) is 0 Å². The van der Waals surface area contributed by atoms with Gasteiger partial charge < -0.3 is 25.5 Å². The van der Waals surface area contributed by atoms with Crippen molar-refractivity contribution in [3.8, 4) is 0 Å². The normalized spacial score (nSPS) is 19.1. The molecule has 7 heteroatoms. The number of aliphatic hydroxyl groups is 5. The molecule has 0 aliphatic carbocycles. The molecule has 5 N–H and O–H groups in total. The molecule has 0 amide bonds. The van der Waals surface area contributed by atoms with Crippen molar-refractivity contribution < 1.29 is 25.5 Å². The molecule has 0 aliphatic heterocycles. The standard InChI is InChI=1S/C10H22O5S2/c1-3-16-10(17-4-2)9(15)8(14)7(13)6(12)5-11/h6-15H,3-5H2,1-2H3/t6-,7-,8+,9-/m0/s1. The molecule has 0 aromatic heterocycles. The molecule has 0 saturated carbocycles. The first-order valence-electron chi connectivity index (χ1n) is 5.55. The van der Waals surface area contributed by atoms with E-state index in [9.17, 15) is 20.4 Å². The Morgan fingerprint density at radius 1 is 0.824 bits per heavy atom. The number of thioether (sulfide) groups is 2. The van der Waals surface area contributed by atoms with E-state index in [0.717, 1.165) is 11.5 Å². The Morgan fingerprint density at radius 2 is 1.29 bits per heavy atom. The lowest BCUT2D eigenvalue weighted by Gasteiger charge is -2.30. The lowest BCUT2D eigenvalue weighted by atomic mass is 10.0. The van der Waals surface area contributed by atoms with Crippen LogP contribution >= 0.6 is 23.5 Å². The van der Waals surface area contributed by atoms with E-state index in [2.05, 4.69) is 0 Å². The quantitative estimate of drug-likeness (QED) is 0.356.